The summed E-state index contributed by atoms with van der Waals surface area (Å²) in [5.74, 6) is 0.0325. The van der Waals surface area contributed by atoms with E-state index in [0.29, 0.717) is 17.3 Å². The van der Waals surface area contributed by atoms with E-state index in [0.717, 1.165) is 32.7 Å². The second-order valence-corrected chi connectivity index (χ2v) is 7.27. The van der Waals surface area contributed by atoms with Crippen LogP contribution in [-0.2, 0) is 11.3 Å². The second kappa shape index (κ2) is 8.48. The minimum Gasteiger partial charge on any atom is -0.322 e. The van der Waals surface area contributed by atoms with Gasteiger partial charge >= 0.3 is 0 Å². The smallest absolute Gasteiger partial charge is 0.279 e. The van der Waals surface area contributed by atoms with Crippen molar-refractivity contribution in [3.05, 3.63) is 64.7 Å². The molecular weight excluding hydrogens is 334 g/mol. The molecule has 132 valence electrons. The van der Waals surface area contributed by atoms with Gasteiger partial charge in [0.2, 0.25) is 0 Å². The molecule has 1 saturated heterocycles. The zero-order valence-electron chi connectivity index (χ0n) is 14.6. The predicted octanol–water partition coefficient (Wildman–Crippen LogP) is 0.571. The Morgan fingerprint density at radius 2 is 1.64 bits per heavy atom. The quantitative estimate of drug-likeness (QED) is 0.717. The molecule has 0 atom stereocenters. The van der Waals surface area contributed by atoms with Crippen molar-refractivity contribution in [1.82, 2.24) is 0 Å². The molecule has 0 saturated carbocycles. The van der Waals surface area contributed by atoms with Crippen LogP contribution in [0.15, 0.2) is 48.5 Å². The van der Waals surface area contributed by atoms with Crippen LogP contribution in [0.5, 0.6) is 0 Å². The first kappa shape index (κ1) is 17.9. The molecule has 0 spiro atoms. The minimum absolute atomic E-state index is 0.0325. The van der Waals surface area contributed by atoms with Crippen LogP contribution in [-0.4, -0.2) is 38.6 Å². The van der Waals surface area contributed by atoms with Crippen molar-refractivity contribution in [2.45, 2.75) is 13.5 Å². The van der Waals surface area contributed by atoms with Crippen molar-refractivity contribution in [1.29, 1.82) is 0 Å². The minimum atomic E-state index is 0.0325. The largest absolute Gasteiger partial charge is 0.322 e. The molecule has 0 radical (unpaired) electrons. The third-order valence-electron chi connectivity index (χ3n) is 4.80. The molecule has 2 aromatic carbocycles. The van der Waals surface area contributed by atoms with Gasteiger partial charge in [-0.05, 0) is 19.1 Å². The molecule has 5 heteroatoms. The Morgan fingerprint density at radius 3 is 2.32 bits per heavy atom. The highest BCUT2D eigenvalue weighted by Gasteiger charge is 2.25. The lowest BCUT2D eigenvalue weighted by atomic mass is 10.1. The average molecular weight is 360 g/mol. The van der Waals surface area contributed by atoms with Gasteiger partial charge in [-0.2, -0.15) is 0 Å². The maximum absolute atomic E-state index is 12.2. The number of halogens is 1. The lowest BCUT2D eigenvalue weighted by Crippen LogP contribution is -3.28. The summed E-state index contributed by atoms with van der Waals surface area (Å²) in [6.07, 6.45) is 0. The highest BCUT2D eigenvalue weighted by molar-refractivity contribution is 6.33. The second-order valence-electron chi connectivity index (χ2n) is 6.87. The number of amides is 1. The van der Waals surface area contributed by atoms with E-state index in [-0.39, 0.29) is 5.91 Å². The molecule has 3 N–H and O–H groups in total. The first-order valence-electron chi connectivity index (χ1n) is 8.87. The van der Waals surface area contributed by atoms with Gasteiger partial charge in [-0.15, -0.1) is 0 Å². The Bertz CT molecular complexity index is 709. The fourth-order valence-electron chi connectivity index (χ4n) is 3.29. The molecule has 1 heterocycles. The molecule has 2 aromatic rings. The zero-order valence-corrected chi connectivity index (χ0v) is 15.4. The van der Waals surface area contributed by atoms with Gasteiger partial charge in [0.1, 0.15) is 32.7 Å². The third-order valence-corrected chi connectivity index (χ3v) is 5.13. The van der Waals surface area contributed by atoms with Crippen molar-refractivity contribution in [2.24, 2.45) is 0 Å². The first-order chi connectivity index (χ1) is 12.1. The van der Waals surface area contributed by atoms with Crippen LogP contribution in [0.4, 0.5) is 5.69 Å². The Kier molecular flexibility index (Phi) is 6.08. The van der Waals surface area contributed by atoms with E-state index >= 15 is 0 Å². The molecule has 3 rings (SSSR count). The van der Waals surface area contributed by atoms with Gasteiger partial charge in [0.15, 0.2) is 6.54 Å². The fraction of sp³-hybridized carbons (Fsp3) is 0.350. The fourth-order valence-corrected chi connectivity index (χ4v) is 3.47. The van der Waals surface area contributed by atoms with E-state index in [9.17, 15) is 4.79 Å². The number of carbonyl (C=O) groups excluding carboxylic acids is 1. The monoisotopic (exact) mass is 359 g/mol. The van der Waals surface area contributed by atoms with E-state index in [1.54, 1.807) is 11.0 Å². The molecule has 0 aliphatic carbocycles. The summed E-state index contributed by atoms with van der Waals surface area (Å²) in [5.41, 5.74) is 3.38. The van der Waals surface area contributed by atoms with Gasteiger partial charge < -0.3 is 15.1 Å². The molecule has 1 aliphatic rings. The maximum atomic E-state index is 12.2. The predicted molar refractivity (Wildman–Crippen MR) is 101 cm³/mol. The Hall–Kier alpha value is -1.88. The third kappa shape index (κ3) is 5.30. The van der Waals surface area contributed by atoms with E-state index in [1.165, 1.54) is 16.0 Å². The molecule has 1 fully saturated rings. The lowest BCUT2D eigenvalue weighted by Gasteiger charge is -2.29. The molecule has 0 bridgehead atoms. The van der Waals surface area contributed by atoms with Crippen LogP contribution in [0, 0.1) is 6.92 Å². The zero-order chi connectivity index (χ0) is 17.6. The molecule has 0 unspecified atom stereocenters. The number of hydrogen-bond acceptors (Lipinski definition) is 1. The van der Waals surface area contributed by atoms with E-state index < -0.39 is 0 Å². The van der Waals surface area contributed by atoms with Crippen LogP contribution in [0.3, 0.4) is 0 Å². The van der Waals surface area contributed by atoms with Gasteiger partial charge in [-0.25, -0.2) is 0 Å². The average Bonchev–Trinajstić information content (AvgIpc) is 2.61. The number of benzene rings is 2. The Morgan fingerprint density at radius 1 is 1.00 bits per heavy atom. The summed E-state index contributed by atoms with van der Waals surface area (Å²) in [6.45, 7) is 7.94. The van der Waals surface area contributed by atoms with Crippen molar-refractivity contribution in [3.63, 3.8) is 0 Å². The van der Waals surface area contributed by atoms with Crippen LogP contribution >= 0.6 is 11.6 Å². The molecular formula is C20H26ClN3O+2. The first-order valence-corrected chi connectivity index (χ1v) is 9.25. The normalized spacial score (nSPS) is 20.2. The number of nitrogens with one attached hydrogen (secondary N) is 3. The van der Waals surface area contributed by atoms with Crippen molar-refractivity contribution >= 4 is 23.2 Å². The number of carbonyl (C=O) groups is 1. The van der Waals surface area contributed by atoms with E-state index in [4.69, 9.17) is 11.6 Å². The number of anilines is 1. The van der Waals surface area contributed by atoms with E-state index in [1.807, 2.05) is 18.2 Å². The van der Waals surface area contributed by atoms with Gasteiger partial charge in [0.05, 0.1) is 10.7 Å². The summed E-state index contributed by atoms with van der Waals surface area (Å²) in [6, 6.07) is 16.2. The highest BCUT2D eigenvalue weighted by atomic mass is 35.5. The number of quaternary nitrogens is 2. The Labute approximate surface area is 154 Å². The van der Waals surface area contributed by atoms with E-state index in [2.05, 4.69) is 36.5 Å². The number of hydrogen-bond donors (Lipinski definition) is 3. The van der Waals surface area contributed by atoms with Crippen LogP contribution < -0.4 is 15.1 Å². The topological polar surface area (TPSA) is 38.0 Å². The van der Waals surface area contributed by atoms with Crippen LogP contribution in [0.1, 0.15) is 11.1 Å². The number of aryl methyl sites for hydroxylation is 1. The SMILES string of the molecule is Cc1ccc(C[NH+]2CC[NH+](CC(=O)Nc3ccccc3Cl)CC2)cc1. The van der Waals surface area contributed by atoms with Crippen molar-refractivity contribution in [2.75, 3.05) is 38.0 Å². The maximum Gasteiger partial charge on any atom is 0.279 e. The van der Waals surface area contributed by atoms with Crippen LogP contribution in [0.25, 0.3) is 0 Å². The Balaban J connectivity index is 1.43. The molecule has 0 aromatic heterocycles. The summed E-state index contributed by atoms with van der Waals surface area (Å²) in [4.78, 5) is 15.2. The summed E-state index contributed by atoms with van der Waals surface area (Å²) in [7, 11) is 0. The highest BCUT2D eigenvalue weighted by Crippen LogP contribution is 2.19. The lowest BCUT2D eigenvalue weighted by molar-refractivity contribution is -1.02. The van der Waals surface area contributed by atoms with Gasteiger partial charge in [0.25, 0.3) is 5.91 Å². The standard InChI is InChI=1S/C20H24ClN3O/c1-16-6-8-17(9-7-16)14-23-10-12-24(13-11-23)15-20(25)22-19-5-3-2-4-18(19)21/h2-9H,10-15H2,1H3,(H,22,25)/p+2. The van der Waals surface area contributed by atoms with Gasteiger partial charge in [0, 0.05) is 5.56 Å². The summed E-state index contributed by atoms with van der Waals surface area (Å²) < 4.78 is 0. The number of para-hydroxylation sites is 1. The van der Waals surface area contributed by atoms with Gasteiger partial charge in [-0.1, -0.05) is 53.6 Å². The van der Waals surface area contributed by atoms with Gasteiger partial charge in [-0.3, -0.25) is 4.79 Å². The van der Waals surface area contributed by atoms with Crippen LogP contribution in [0.2, 0.25) is 5.02 Å². The number of piperazine rings is 1. The molecule has 1 amide bonds. The summed E-state index contributed by atoms with van der Waals surface area (Å²) >= 11 is 6.09. The van der Waals surface area contributed by atoms with Crippen molar-refractivity contribution < 1.29 is 14.6 Å². The molecule has 25 heavy (non-hydrogen) atoms. The molecule has 4 nitrogen and oxygen atoms in total. The van der Waals surface area contributed by atoms with Crippen molar-refractivity contribution in [3.8, 4) is 0 Å². The number of rotatable bonds is 5. The summed E-state index contributed by atoms with van der Waals surface area (Å²) in [5, 5.41) is 3.50. The molecule has 1 aliphatic heterocycles.